The van der Waals surface area contributed by atoms with Crippen LogP contribution in [0.5, 0.6) is 0 Å². The topological polar surface area (TPSA) is 52.9 Å². The van der Waals surface area contributed by atoms with Gasteiger partial charge in [-0.15, -0.1) is 0 Å². The SMILES string of the molecule is CCN=C1N=C(C)C2CC(c3ccncc3F)=CN(CC)C2N1. The van der Waals surface area contributed by atoms with Crippen molar-refractivity contribution >= 4 is 17.2 Å². The number of nitrogens with zero attached hydrogens (tertiary/aromatic N) is 4. The van der Waals surface area contributed by atoms with E-state index in [2.05, 4.69) is 38.3 Å². The van der Waals surface area contributed by atoms with Gasteiger partial charge in [-0.2, -0.15) is 0 Å². The molecule has 1 aromatic rings. The first-order valence-electron chi connectivity index (χ1n) is 8.06. The number of allylic oxidation sites excluding steroid dienone is 1. The van der Waals surface area contributed by atoms with Crippen molar-refractivity contribution in [1.29, 1.82) is 0 Å². The van der Waals surface area contributed by atoms with E-state index in [1.54, 1.807) is 12.3 Å². The molecule has 2 aliphatic heterocycles. The van der Waals surface area contributed by atoms with E-state index in [9.17, 15) is 4.39 Å². The van der Waals surface area contributed by atoms with Gasteiger partial charge in [-0.1, -0.05) is 0 Å². The minimum absolute atomic E-state index is 0.122. The Balaban J connectivity index is 1.97. The Morgan fingerprint density at radius 1 is 1.43 bits per heavy atom. The van der Waals surface area contributed by atoms with Gasteiger partial charge in [0.15, 0.2) is 0 Å². The third-order valence-electron chi connectivity index (χ3n) is 4.39. The fourth-order valence-corrected chi connectivity index (χ4v) is 3.22. The zero-order valence-electron chi connectivity index (χ0n) is 13.8. The van der Waals surface area contributed by atoms with Gasteiger partial charge in [-0.3, -0.25) is 9.98 Å². The molecule has 2 aliphatic rings. The van der Waals surface area contributed by atoms with Gasteiger partial charge in [0.1, 0.15) is 12.0 Å². The van der Waals surface area contributed by atoms with Crippen LogP contribution >= 0.6 is 0 Å². The number of rotatable bonds is 3. The Bertz CT molecular complexity index is 679. The number of hydrogen-bond donors (Lipinski definition) is 1. The van der Waals surface area contributed by atoms with E-state index in [1.807, 2.05) is 13.8 Å². The Hall–Kier alpha value is -2.24. The second kappa shape index (κ2) is 6.48. The Labute approximate surface area is 136 Å². The predicted molar refractivity (Wildman–Crippen MR) is 90.7 cm³/mol. The summed E-state index contributed by atoms with van der Waals surface area (Å²) in [6.07, 6.45) is 5.83. The van der Waals surface area contributed by atoms with Crippen LogP contribution in [0.15, 0.2) is 34.6 Å². The lowest BCUT2D eigenvalue weighted by atomic mass is 9.85. The molecule has 5 nitrogen and oxygen atoms in total. The molecule has 0 aromatic carbocycles. The van der Waals surface area contributed by atoms with Crippen LogP contribution in [0.4, 0.5) is 4.39 Å². The molecular weight excluding hydrogens is 293 g/mol. The van der Waals surface area contributed by atoms with Gasteiger partial charge in [0, 0.05) is 42.7 Å². The average molecular weight is 315 g/mol. The second-order valence-electron chi connectivity index (χ2n) is 5.79. The number of hydrogen-bond acceptors (Lipinski definition) is 3. The maximum Gasteiger partial charge on any atom is 0.219 e. The standard InChI is InChI=1S/C17H22FN5/c1-4-20-17-21-11(3)14-8-12(10-23(5-2)16(14)22-17)13-6-7-19-9-15(13)18/h6-7,9-10,14,16H,4-5,8H2,1-3H3,(H,20,22). The summed E-state index contributed by atoms with van der Waals surface area (Å²) < 4.78 is 14.1. The highest BCUT2D eigenvalue weighted by atomic mass is 19.1. The molecular formula is C17H22FN5. The molecule has 2 unspecified atom stereocenters. The zero-order valence-corrected chi connectivity index (χ0v) is 13.8. The maximum absolute atomic E-state index is 14.1. The van der Waals surface area contributed by atoms with Crippen molar-refractivity contribution in [3.63, 3.8) is 0 Å². The monoisotopic (exact) mass is 315 g/mol. The number of aromatic nitrogens is 1. The quantitative estimate of drug-likeness (QED) is 0.933. The van der Waals surface area contributed by atoms with Crippen molar-refractivity contribution < 1.29 is 4.39 Å². The fraction of sp³-hybridized carbons (Fsp3) is 0.471. The summed E-state index contributed by atoms with van der Waals surface area (Å²) in [6.45, 7) is 7.65. The van der Waals surface area contributed by atoms with Crippen molar-refractivity contribution in [3.05, 3.63) is 36.0 Å². The first-order chi connectivity index (χ1) is 11.1. The van der Waals surface area contributed by atoms with Crippen molar-refractivity contribution in [3.8, 4) is 0 Å². The summed E-state index contributed by atoms with van der Waals surface area (Å²) in [7, 11) is 0. The molecule has 1 N–H and O–H groups in total. The molecule has 3 heterocycles. The number of pyridine rings is 1. The number of aliphatic imine (C=N–C) groups is 2. The van der Waals surface area contributed by atoms with Gasteiger partial charge in [-0.25, -0.2) is 9.38 Å². The van der Waals surface area contributed by atoms with Gasteiger partial charge in [-0.05, 0) is 38.8 Å². The van der Waals surface area contributed by atoms with E-state index < -0.39 is 0 Å². The van der Waals surface area contributed by atoms with E-state index in [0.717, 1.165) is 24.3 Å². The minimum Gasteiger partial charge on any atom is -0.357 e. The molecule has 23 heavy (non-hydrogen) atoms. The molecule has 2 atom stereocenters. The molecule has 6 heteroatoms. The highest BCUT2D eigenvalue weighted by Crippen LogP contribution is 2.34. The van der Waals surface area contributed by atoms with Gasteiger partial charge >= 0.3 is 0 Å². The third-order valence-corrected chi connectivity index (χ3v) is 4.39. The Morgan fingerprint density at radius 2 is 2.26 bits per heavy atom. The molecule has 0 aliphatic carbocycles. The van der Waals surface area contributed by atoms with Crippen molar-refractivity contribution in [1.82, 2.24) is 15.2 Å². The number of nitrogens with one attached hydrogen (secondary N) is 1. The van der Waals surface area contributed by atoms with Crippen molar-refractivity contribution in [2.45, 2.75) is 33.4 Å². The van der Waals surface area contributed by atoms with Crippen LogP contribution in [-0.4, -0.2) is 40.8 Å². The van der Waals surface area contributed by atoms with Crippen LogP contribution in [0.25, 0.3) is 5.57 Å². The van der Waals surface area contributed by atoms with Crippen molar-refractivity contribution in [2.24, 2.45) is 15.9 Å². The Morgan fingerprint density at radius 3 is 2.96 bits per heavy atom. The molecule has 122 valence electrons. The fourth-order valence-electron chi connectivity index (χ4n) is 3.22. The minimum atomic E-state index is -0.278. The number of guanidine groups is 1. The maximum atomic E-state index is 14.1. The lowest BCUT2D eigenvalue weighted by molar-refractivity contribution is 0.212. The summed E-state index contributed by atoms with van der Waals surface area (Å²) >= 11 is 0. The highest BCUT2D eigenvalue weighted by Gasteiger charge is 2.36. The lowest BCUT2D eigenvalue weighted by Crippen LogP contribution is -2.56. The van der Waals surface area contributed by atoms with Crippen LogP contribution in [0.2, 0.25) is 0 Å². The zero-order chi connectivity index (χ0) is 16.4. The first kappa shape index (κ1) is 15.6. The van der Waals surface area contributed by atoms with E-state index >= 15 is 0 Å². The number of fused-ring (bicyclic) bond motifs is 1. The van der Waals surface area contributed by atoms with Gasteiger partial charge in [0.2, 0.25) is 5.96 Å². The van der Waals surface area contributed by atoms with E-state index in [4.69, 9.17) is 0 Å². The van der Waals surface area contributed by atoms with E-state index in [0.29, 0.717) is 18.1 Å². The molecule has 0 spiro atoms. The molecule has 0 saturated carbocycles. The molecule has 1 aromatic heterocycles. The smallest absolute Gasteiger partial charge is 0.219 e. The van der Waals surface area contributed by atoms with Crippen LogP contribution in [0.1, 0.15) is 32.8 Å². The van der Waals surface area contributed by atoms with E-state index in [-0.39, 0.29) is 17.9 Å². The summed E-state index contributed by atoms with van der Waals surface area (Å²) in [4.78, 5) is 15.0. The van der Waals surface area contributed by atoms with E-state index in [1.165, 1.54) is 6.20 Å². The summed E-state index contributed by atoms with van der Waals surface area (Å²) in [5, 5.41) is 3.41. The van der Waals surface area contributed by atoms with Crippen LogP contribution in [0, 0.1) is 11.7 Å². The molecule has 0 radical (unpaired) electrons. The largest absolute Gasteiger partial charge is 0.357 e. The molecule has 3 rings (SSSR count). The normalized spacial score (nSPS) is 25.6. The van der Waals surface area contributed by atoms with Crippen molar-refractivity contribution in [2.75, 3.05) is 13.1 Å². The number of halogens is 1. The van der Waals surface area contributed by atoms with Gasteiger partial charge in [0.05, 0.1) is 6.20 Å². The molecule has 0 saturated heterocycles. The molecule has 0 fully saturated rings. The molecule has 0 bridgehead atoms. The summed E-state index contributed by atoms with van der Waals surface area (Å²) in [5.41, 5.74) is 2.65. The molecule has 0 amide bonds. The first-order valence-corrected chi connectivity index (χ1v) is 8.06. The predicted octanol–water partition coefficient (Wildman–Crippen LogP) is 2.67. The van der Waals surface area contributed by atoms with Gasteiger partial charge in [0.25, 0.3) is 0 Å². The third kappa shape index (κ3) is 2.98. The average Bonchev–Trinajstić information content (AvgIpc) is 2.55. The summed E-state index contributed by atoms with van der Waals surface area (Å²) in [6, 6.07) is 1.74. The van der Waals surface area contributed by atoms with Crippen LogP contribution < -0.4 is 5.32 Å². The summed E-state index contributed by atoms with van der Waals surface area (Å²) in [5.74, 6) is 0.620. The lowest BCUT2D eigenvalue weighted by Gasteiger charge is -2.43. The van der Waals surface area contributed by atoms with Crippen LogP contribution in [-0.2, 0) is 0 Å². The Kier molecular flexibility index (Phi) is 4.41. The second-order valence-corrected chi connectivity index (χ2v) is 5.79. The van der Waals surface area contributed by atoms with Gasteiger partial charge < -0.3 is 10.2 Å². The highest BCUT2D eigenvalue weighted by molar-refractivity contribution is 6.01. The van der Waals surface area contributed by atoms with Crippen LogP contribution in [0.3, 0.4) is 0 Å².